The second-order valence-corrected chi connectivity index (χ2v) is 27.6. The number of rotatable bonds is 1. The average Bonchev–Trinajstić information content (AvgIpc) is 1.73. The highest BCUT2D eigenvalue weighted by molar-refractivity contribution is 7.11. The number of methoxy groups -OCH3 is 1. The van der Waals surface area contributed by atoms with E-state index < -0.39 is 0 Å². The summed E-state index contributed by atoms with van der Waals surface area (Å²) >= 11 is 1.84. The fourth-order valence-electron chi connectivity index (χ4n) is 9.77. The maximum atomic E-state index is 11.1. The Hall–Kier alpha value is -7.25. The monoisotopic (exact) mass is 1310 g/mol. The van der Waals surface area contributed by atoms with Crippen LogP contribution in [0.15, 0.2) is 111 Å². The van der Waals surface area contributed by atoms with Crippen molar-refractivity contribution in [3.8, 4) is 17.1 Å². The van der Waals surface area contributed by atoms with Crippen LogP contribution in [0.1, 0.15) is 159 Å². The summed E-state index contributed by atoms with van der Waals surface area (Å²) < 4.78 is 15.3. The van der Waals surface area contributed by atoms with E-state index in [1.165, 1.54) is 125 Å². The van der Waals surface area contributed by atoms with Crippen LogP contribution in [0.4, 0.5) is 0 Å². The van der Waals surface area contributed by atoms with Gasteiger partial charge in [0.15, 0.2) is 28.9 Å². The van der Waals surface area contributed by atoms with Gasteiger partial charge in [0.25, 0.3) is 0 Å². The number of aryl methyl sites for hydroxylation is 13. The lowest BCUT2D eigenvalue weighted by Crippen LogP contribution is -2.42. The van der Waals surface area contributed by atoms with Crippen molar-refractivity contribution in [2.45, 2.75) is 176 Å². The van der Waals surface area contributed by atoms with Crippen LogP contribution >= 0.6 is 11.3 Å². The lowest BCUT2D eigenvalue weighted by Gasteiger charge is -2.28. The van der Waals surface area contributed by atoms with Gasteiger partial charge in [-0.25, -0.2) is 19.9 Å². The van der Waals surface area contributed by atoms with E-state index in [0.717, 1.165) is 92.4 Å². The molecule has 3 aliphatic carbocycles. The minimum atomic E-state index is -0.0828. The van der Waals surface area contributed by atoms with Crippen LogP contribution in [-0.4, -0.2) is 133 Å². The Kier molecular flexibility index (Phi) is 38.3. The lowest BCUT2D eigenvalue weighted by molar-refractivity contribution is 0.181. The minimum absolute atomic E-state index is 0.0828. The predicted octanol–water partition coefficient (Wildman–Crippen LogP) is 16.7. The molecule has 0 bridgehead atoms. The van der Waals surface area contributed by atoms with Crippen molar-refractivity contribution in [3.05, 3.63) is 180 Å². The molecule has 7 aromatic rings. The number of aromatic nitrogens is 10. The largest absolute Gasteiger partial charge is 0.493 e. The summed E-state index contributed by atoms with van der Waals surface area (Å²) in [5.74, 6) is 11.0. The summed E-state index contributed by atoms with van der Waals surface area (Å²) in [5.41, 5.74) is 8.01. The van der Waals surface area contributed by atoms with Gasteiger partial charge in [0.1, 0.15) is 28.7 Å². The van der Waals surface area contributed by atoms with Crippen molar-refractivity contribution in [2.75, 3.05) is 67.5 Å². The Morgan fingerprint density at radius 2 is 0.862 bits per heavy atom. The van der Waals surface area contributed by atoms with Crippen molar-refractivity contribution in [1.29, 1.82) is 0 Å². The van der Waals surface area contributed by atoms with E-state index in [0.29, 0.717) is 17.4 Å². The Morgan fingerprint density at radius 3 is 1.23 bits per heavy atom. The molecule has 0 amide bonds. The number of benzene rings is 1. The number of furan rings is 1. The maximum absolute atomic E-state index is 11.1. The van der Waals surface area contributed by atoms with Gasteiger partial charge in [-0.2, -0.15) is 5.10 Å². The second kappa shape index (κ2) is 44.4. The van der Waals surface area contributed by atoms with Gasteiger partial charge in [-0.05, 0) is 239 Å². The molecule has 17 nitrogen and oxygen atoms in total. The second-order valence-electron chi connectivity index (χ2n) is 26.1. The van der Waals surface area contributed by atoms with E-state index in [1.54, 1.807) is 32.2 Å². The van der Waals surface area contributed by atoms with E-state index >= 15 is 0 Å². The van der Waals surface area contributed by atoms with E-state index in [2.05, 4.69) is 166 Å². The topological polar surface area (TPSA) is 191 Å². The normalized spacial score (nSPS) is 17.4. The molecule has 18 heteroatoms. The fraction of sp³-hybridized carbons (Fsp3) is 0.539. The van der Waals surface area contributed by atoms with E-state index in [4.69, 9.17) is 13.6 Å². The number of likely N-dealkylation sites (tertiary alicyclic amines) is 1. The first-order valence-corrected chi connectivity index (χ1v) is 34.3. The zero-order valence-electron chi connectivity index (χ0n) is 61.4. The van der Waals surface area contributed by atoms with Crippen LogP contribution < -0.4 is 10.2 Å². The number of thiophene rings is 1. The Balaban J connectivity index is 0.000000271. The molecule has 0 radical (unpaired) electrons. The molecule has 8 heterocycles. The SMILES string of the molecule is CC1CC(C)C1.CC1CCC(C)CC1.CC1CCN(C)CC1.CN1CCN(C)CC1.COc1ccc(C)ccc1=O.Cc1ccc(C)o1.Cc1ccc(C)s1.Cc1ccc2nc(C)nc-2cc1.Cc1ccc2nc(C)oc2c1.Cc1cnc(C)nn1.Cc1nnc(C)nn1. The molecule has 2 saturated heterocycles. The van der Waals surface area contributed by atoms with Crippen molar-refractivity contribution >= 4 is 22.4 Å². The molecule has 5 aromatic heterocycles. The van der Waals surface area contributed by atoms with E-state index in [9.17, 15) is 4.79 Å². The lowest BCUT2D eigenvalue weighted by atomic mass is 9.78. The van der Waals surface area contributed by atoms with Crippen LogP contribution in [0.5, 0.6) is 5.75 Å². The summed E-state index contributed by atoms with van der Waals surface area (Å²) in [5, 5.41) is 22.1. The molecule has 514 valence electrons. The molecule has 4 fully saturated rings. The fourth-order valence-corrected chi connectivity index (χ4v) is 10.5. The van der Waals surface area contributed by atoms with Crippen LogP contribution in [-0.2, 0) is 0 Å². The van der Waals surface area contributed by atoms with Gasteiger partial charge in [-0.3, -0.25) is 4.79 Å². The van der Waals surface area contributed by atoms with Crippen LogP contribution in [0.3, 0.4) is 0 Å². The first-order chi connectivity index (χ1) is 44.5. The molecule has 0 atom stereocenters. The number of piperidine rings is 1. The van der Waals surface area contributed by atoms with Gasteiger partial charge in [-0.15, -0.1) is 36.8 Å². The third kappa shape index (κ3) is 36.4. The van der Waals surface area contributed by atoms with Crippen molar-refractivity contribution in [3.63, 3.8) is 0 Å². The highest BCUT2D eigenvalue weighted by Crippen LogP contribution is 2.32. The summed E-state index contributed by atoms with van der Waals surface area (Å²) in [7, 11) is 8.04. The Bertz CT molecular complexity index is 3200. The van der Waals surface area contributed by atoms with Crippen molar-refractivity contribution in [2.24, 2.45) is 29.6 Å². The van der Waals surface area contributed by atoms with Gasteiger partial charge < -0.3 is 28.3 Å². The number of likely N-dealkylation sites (N-methyl/N-ethyl adjacent to an activating group) is 2. The summed E-state index contributed by atoms with van der Waals surface area (Å²) in [6, 6.07) is 29.1. The number of hydrogen-bond acceptors (Lipinski definition) is 18. The highest BCUT2D eigenvalue weighted by Gasteiger charge is 2.20. The zero-order chi connectivity index (χ0) is 69.7. The molecule has 0 spiro atoms. The first-order valence-electron chi connectivity index (χ1n) is 33.5. The summed E-state index contributed by atoms with van der Waals surface area (Å²) in [6.45, 7) is 44.3. The van der Waals surface area contributed by atoms with Crippen molar-refractivity contribution < 1.29 is 13.6 Å². The van der Waals surface area contributed by atoms with Crippen LogP contribution in [0.25, 0.3) is 22.5 Å². The highest BCUT2D eigenvalue weighted by atomic mass is 32.1. The molecule has 13 rings (SSSR count). The predicted molar refractivity (Wildman–Crippen MR) is 389 cm³/mol. The number of piperazine rings is 1. The van der Waals surface area contributed by atoms with E-state index in [1.807, 2.05) is 115 Å². The third-order valence-corrected chi connectivity index (χ3v) is 16.7. The number of hydrogen-bond donors (Lipinski definition) is 0. The minimum Gasteiger partial charge on any atom is -0.493 e. The summed E-state index contributed by atoms with van der Waals surface area (Å²) in [6.07, 6.45) is 13.3. The zero-order valence-corrected chi connectivity index (χ0v) is 62.2. The van der Waals surface area contributed by atoms with Gasteiger partial charge in [-0.1, -0.05) is 102 Å². The molecule has 94 heavy (non-hydrogen) atoms. The van der Waals surface area contributed by atoms with Crippen LogP contribution in [0.2, 0.25) is 0 Å². The number of oxazole rings is 1. The van der Waals surface area contributed by atoms with Crippen LogP contribution in [0, 0.1) is 120 Å². The number of nitrogens with zero attached hydrogens (tertiary/aromatic N) is 13. The Morgan fingerprint density at radius 1 is 0.436 bits per heavy atom. The number of ether oxygens (including phenoxy) is 1. The first kappa shape index (κ1) is 81.0. The standard InChI is InChI=1S/C10H10N2.C9H9NO.C9H10O2.C8H16.C7H15N.C6H14N2.C6H8O.C6H8S.C6H12.C5H7N3.C4H6N4/c1-7-3-5-9-10(6-4-7)12-8(2)11-9;1-6-3-4-8-9(5-6)11-7(2)10-8;1-7-3-5-8(10)9(11-2)6-4-7;3*1-7-3-5-8(2)6-4-7;2*1-5-3-4-6(2)7-5;1-5-3-6(2)4-5;1-4-3-6-5(2)8-7-4;1-3-5-7-4(2)8-6-3/h3-6H,1-2H3;3-5H,1-2H3;3-6H,1-2H3;7-8H,3-6H2,1-2H3;7H,3-6H2,1-2H3;3-6H2,1-2H3;2*3-4H,1-2H3;5-6H,3-4H2,1-2H3;3H,1-2H3;1-2H3. The maximum Gasteiger partial charge on any atom is 0.220 e. The van der Waals surface area contributed by atoms with Gasteiger partial charge >= 0.3 is 0 Å². The molecule has 3 aliphatic heterocycles. The molecule has 6 aliphatic rings. The van der Waals surface area contributed by atoms with Gasteiger partial charge in [0, 0.05) is 42.9 Å². The number of imidazole rings is 1. The quantitative estimate of drug-likeness (QED) is 0.151. The van der Waals surface area contributed by atoms with Crippen molar-refractivity contribution in [1.82, 2.24) is 65.2 Å². The Labute approximate surface area is 568 Å². The molecule has 0 N–H and O–H groups in total. The molecular formula is C76H115N13O4S. The average molecular weight is 1310 g/mol. The molecule has 2 aromatic carbocycles. The summed E-state index contributed by atoms with van der Waals surface area (Å²) in [4.78, 5) is 37.7. The number of fused-ring (bicyclic) bond motifs is 2. The smallest absolute Gasteiger partial charge is 0.220 e. The molecular weight excluding hydrogens is 1190 g/mol. The molecule has 0 unspecified atom stereocenters. The third-order valence-electron chi connectivity index (χ3n) is 15.8. The van der Waals surface area contributed by atoms with E-state index in [-0.39, 0.29) is 5.43 Å². The van der Waals surface area contributed by atoms with Gasteiger partial charge in [0.05, 0.1) is 30.4 Å². The molecule has 2 saturated carbocycles. The van der Waals surface area contributed by atoms with Gasteiger partial charge in [0.2, 0.25) is 5.43 Å².